The van der Waals surface area contributed by atoms with Crippen LogP contribution >= 0.6 is 0 Å². The first-order valence-electron chi connectivity index (χ1n) is 6.65. The largest absolute Gasteiger partial charge is 0.466 e. The zero-order valence-corrected chi connectivity index (χ0v) is 13.4. The number of hydrogen-bond acceptors (Lipinski definition) is 4. The maximum Gasteiger partial charge on any atom is 0.238 e. The van der Waals surface area contributed by atoms with Crippen molar-refractivity contribution in [3.8, 4) is 0 Å². The zero-order chi connectivity index (χ0) is 15.8. The fraction of sp³-hybridized carbons (Fsp3) is 0.333. The molecule has 1 aromatic carbocycles. The van der Waals surface area contributed by atoms with Gasteiger partial charge < -0.3 is 9.73 Å². The normalized spacial score (nSPS) is 13.2. The van der Waals surface area contributed by atoms with E-state index in [2.05, 4.69) is 5.32 Å². The van der Waals surface area contributed by atoms with Gasteiger partial charge in [0, 0.05) is 11.3 Å². The number of benzene rings is 1. The van der Waals surface area contributed by atoms with Gasteiger partial charge in [0.25, 0.3) is 0 Å². The van der Waals surface area contributed by atoms with Gasteiger partial charge in [0.2, 0.25) is 10.0 Å². The van der Waals surface area contributed by atoms with Crippen LogP contribution in [0.15, 0.2) is 33.6 Å². The Morgan fingerprint density at radius 2 is 1.86 bits per heavy atom. The number of nitrogens with two attached hydrogens (primary N) is 1. The Kier molecular flexibility index (Phi) is 4.11. The Hall–Kier alpha value is -1.79. The van der Waals surface area contributed by atoms with Crippen molar-refractivity contribution in [1.29, 1.82) is 0 Å². The molecular weight excluding hydrogens is 288 g/mol. The fourth-order valence-electron chi connectivity index (χ4n) is 2.32. The Bertz CT molecular complexity index is 763. The lowest BCUT2D eigenvalue weighted by molar-refractivity contribution is 0.500. The predicted octanol–water partition coefficient (Wildman–Crippen LogP) is 3.03. The molecule has 0 amide bonds. The van der Waals surface area contributed by atoms with Crippen molar-refractivity contribution in [1.82, 2.24) is 0 Å². The van der Waals surface area contributed by atoms with E-state index in [0.717, 1.165) is 28.3 Å². The Labute approximate surface area is 125 Å². The Morgan fingerprint density at radius 3 is 2.38 bits per heavy atom. The molecule has 1 aromatic heterocycles. The van der Waals surface area contributed by atoms with Gasteiger partial charge in [0.05, 0.1) is 10.9 Å². The summed E-state index contributed by atoms with van der Waals surface area (Å²) in [4.78, 5) is 0.0999. The van der Waals surface area contributed by atoms with Crippen LogP contribution in [0.25, 0.3) is 0 Å². The van der Waals surface area contributed by atoms with Crippen LogP contribution in [0.4, 0.5) is 5.69 Å². The highest BCUT2D eigenvalue weighted by Crippen LogP contribution is 2.27. The minimum absolute atomic E-state index is 0.00289. The van der Waals surface area contributed by atoms with E-state index in [0.29, 0.717) is 0 Å². The van der Waals surface area contributed by atoms with Gasteiger partial charge in [0.15, 0.2) is 0 Å². The quantitative estimate of drug-likeness (QED) is 0.909. The second-order valence-electron chi connectivity index (χ2n) is 5.26. The van der Waals surface area contributed by atoms with Gasteiger partial charge in [-0.3, -0.25) is 0 Å². The molecule has 0 saturated carbocycles. The molecule has 2 aromatic rings. The van der Waals surface area contributed by atoms with Crippen molar-refractivity contribution in [3.63, 3.8) is 0 Å². The van der Waals surface area contributed by atoms with Crippen molar-refractivity contribution in [2.24, 2.45) is 5.14 Å². The molecule has 6 heteroatoms. The Balaban J connectivity index is 2.33. The highest BCUT2D eigenvalue weighted by atomic mass is 32.2. The van der Waals surface area contributed by atoms with Crippen molar-refractivity contribution in [2.45, 2.75) is 38.6 Å². The molecule has 0 aliphatic carbocycles. The van der Waals surface area contributed by atoms with Gasteiger partial charge in [0.1, 0.15) is 11.5 Å². The van der Waals surface area contributed by atoms with Crippen molar-refractivity contribution < 1.29 is 12.8 Å². The van der Waals surface area contributed by atoms with Gasteiger partial charge >= 0.3 is 0 Å². The molecule has 1 heterocycles. The summed E-state index contributed by atoms with van der Waals surface area (Å²) in [7, 11) is -3.71. The number of primary sulfonamides is 1. The second-order valence-corrected chi connectivity index (χ2v) is 6.82. The topological polar surface area (TPSA) is 85.3 Å². The van der Waals surface area contributed by atoms with Crippen LogP contribution in [0, 0.1) is 20.8 Å². The van der Waals surface area contributed by atoms with E-state index in [9.17, 15) is 8.42 Å². The van der Waals surface area contributed by atoms with E-state index in [-0.39, 0.29) is 10.9 Å². The summed E-state index contributed by atoms with van der Waals surface area (Å²) >= 11 is 0. The van der Waals surface area contributed by atoms with E-state index in [1.807, 2.05) is 33.8 Å². The number of anilines is 1. The van der Waals surface area contributed by atoms with E-state index < -0.39 is 10.0 Å². The third-order valence-corrected chi connectivity index (χ3v) is 4.37. The van der Waals surface area contributed by atoms with E-state index in [1.54, 1.807) is 12.1 Å². The SMILES string of the molecule is Cc1cc(C(C)Nc2cc(S(N)(=O)=O)ccc2C)c(C)o1. The highest BCUT2D eigenvalue weighted by molar-refractivity contribution is 7.89. The lowest BCUT2D eigenvalue weighted by Gasteiger charge is -2.17. The molecule has 5 nitrogen and oxygen atoms in total. The molecule has 2 rings (SSSR count). The van der Waals surface area contributed by atoms with Crippen molar-refractivity contribution >= 4 is 15.7 Å². The molecule has 0 aliphatic heterocycles. The van der Waals surface area contributed by atoms with E-state index >= 15 is 0 Å². The van der Waals surface area contributed by atoms with Gasteiger partial charge in [-0.15, -0.1) is 0 Å². The molecule has 0 saturated heterocycles. The van der Waals surface area contributed by atoms with Gasteiger partial charge in [-0.25, -0.2) is 13.6 Å². The van der Waals surface area contributed by atoms with E-state index in [1.165, 1.54) is 6.07 Å². The van der Waals surface area contributed by atoms with Crippen molar-refractivity contribution in [3.05, 3.63) is 46.9 Å². The maximum absolute atomic E-state index is 11.4. The molecule has 0 bridgehead atoms. The maximum atomic E-state index is 11.4. The number of aryl methyl sites for hydroxylation is 3. The minimum Gasteiger partial charge on any atom is -0.466 e. The molecule has 1 unspecified atom stereocenters. The van der Waals surface area contributed by atoms with Crippen LogP contribution in [-0.2, 0) is 10.0 Å². The number of nitrogens with one attached hydrogen (secondary N) is 1. The first-order chi connectivity index (χ1) is 9.68. The van der Waals surface area contributed by atoms with Gasteiger partial charge in [-0.2, -0.15) is 0 Å². The summed E-state index contributed by atoms with van der Waals surface area (Å²) in [6, 6.07) is 6.78. The highest BCUT2D eigenvalue weighted by Gasteiger charge is 2.15. The Morgan fingerprint density at radius 1 is 1.19 bits per heavy atom. The lowest BCUT2D eigenvalue weighted by atomic mass is 10.1. The average molecular weight is 308 g/mol. The van der Waals surface area contributed by atoms with Crippen LogP contribution in [0.1, 0.15) is 35.6 Å². The molecule has 0 aliphatic rings. The van der Waals surface area contributed by atoms with Crippen molar-refractivity contribution in [2.75, 3.05) is 5.32 Å². The summed E-state index contributed by atoms with van der Waals surface area (Å²) in [5.74, 6) is 1.71. The third-order valence-electron chi connectivity index (χ3n) is 3.46. The third kappa shape index (κ3) is 3.46. The molecule has 114 valence electrons. The lowest BCUT2D eigenvalue weighted by Crippen LogP contribution is -2.14. The van der Waals surface area contributed by atoms with Gasteiger partial charge in [-0.05, 0) is 51.5 Å². The first kappa shape index (κ1) is 15.6. The average Bonchev–Trinajstić information content (AvgIpc) is 2.70. The summed E-state index contributed by atoms with van der Waals surface area (Å²) in [6.07, 6.45) is 0. The number of rotatable bonds is 4. The standard InChI is InChI=1S/C15H20N2O3S/c1-9-5-6-13(21(16,18)19)8-15(9)17-11(3)14-7-10(2)20-12(14)4/h5-8,11,17H,1-4H3,(H2,16,18,19). The number of sulfonamides is 1. The molecule has 0 spiro atoms. The van der Waals surface area contributed by atoms with Crippen LogP contribution in [0.3, 0.4) is 0 Å². The molecule has 21 heavy (non-hydrogen) atoms. The fourth-order valence-corrected chi connectivity index (χ4v) is 2.86. The number of hydrogen-bond donors (Lipinski definition) is 2. The first-order valence-corrected chi connectivity index (χ1v) is 8.20. The number of furan rings is 1. The molecule has 3 N–H and O–H groups in total. The molecular formula is C15H20N2O3S. The second kappa shape index (κ2) is 5.54. The smallest absolute Gasteiger partial charge is 0.238 e. The molecule has 0 fully saturated rings. The van der Waals surface area contributed by atoms with Crippen LogP contribution in [0.5, 0.6) is 0 Å². The van der Waals surface area contributed by atoms with E-state index in [4.69, 9.17) is 9.56 Å². The zero-order valence-electron chi connectivity index (χ0n) is 12.6. The molecule has 1 atom stereocenters. The monoisotopic (exact) mass is 308 g/mol. The predicted molar refractivity (Wildman–Crippen MR) is 82.8 cm³/mol. The van der Waals surface area contributed by atoms with Crippen LogP contribution < -0.4 is 10.5 Å². The summed E-state index contributed by atoms with van der Waals surface area (Å²) in [5, 5.41) is 8.49. The van der Waals surface area contributed by atoms with Crippen LogP contribution in [-0.4, -0.2) is 8.42 Å². The summed E-state index contributed by atoms with van der Waals surface area (Å²) < 4.78 is 28.4. The summed E-state index contributed by atoms with van der Waals surface area (Å²) in [5.41, 5.74) is 2.74. The van der Waals surface area contributed by atoms with Gasteiger partial charge in [-0.1, -0.05) is 6.07 Å². The molecule has 0 radical (unpaired) electrons. The van der Waals surface area contributed by atoms with Crippen LogP contribution in [0.2, 0.25) is 0 Å². The minimum atomic E-state index is -3.71. The summed E-state index contributed by atoms with van der Waals surface area (Å²) in [6.45, 7) is 7.72.